The van der Waals surface area contributed by atoms with Gasteiger partial charge in [0.15, 0.2) is 5.16 Å². The minimum Gasteiger partial charge on any atom is -0.549 e. The summed E-state index contributed by atoms with van der Waals surface area (Å²) >= 11 is 0.973. The maximum absolute atomic E-state index is 12.9. The van der Waals surface area contributed by atoms with Gasteiger partial charge in [-0.2, -0.15) is 0 Å². The van der Waals surface area contributed by atoms with Crippen LogP contribution in [0.4, 0.5) is 0 Å². The zero-order valence-electron chi connectivity index (χ0n) is 12.4. The molecule has 0 bridgehead atoms. The summed E-state index contributed by atoms with van der Waals surface area (Å²) in [5.74, 6) is -1.47. The number of nitrogens with zero attached hydrogens (tertiary/aromatic N) is 2. The average molecular weight is 325 g/mol. The Hall–Kier alpha value is -2.60. The topological polar surface area (TPSA) is 75.0 Å². The molecular weight excluding hydrogens is 312 g/mol. The number of aliphatic carboxylic acids is 1. The number of carbonyl (C=O) groups is 1. The van der Waals surface area contributed by atoms with Crippen molar-refractivity contribution in [3.63, 3.8) is 0 Å². The lowest BCUT2D eigenvalue weighted by molar-refractivity contribution is -0.301. The van der Waals surface area contributed by atoms with Crippen LogP contribution >= 0.6 is 11.8 Å². The Morgan fingerprint density at radius 1 is 1.22 bits per heavy atom. The number of benzene rings is 2. The van der Waals surface area contributed by atoms with E-state index in [0.717, 1.165) is 17.3 Å². The molecule has 5 nitrogen and oxygen atoms in total. The number of carbonyl (C=O) groups excluding carboxylic acids is 1. The van der Waals surface area contributed by atoms with Crippen molar-refractivity contribution in [3.8, 4) is 5.69 Å². The van der Waals surface area contributed by atoms with E-state index in [-0.39, 0.29) is 11.3 Å². The maximum Gasteiger partial charge on any atom is 0.266 e. The number of carboxylic acids is 1. The Kier molecular flexibility index (Phi) is 4.16. The molecule has 0 aliphatic rings. The van der Waals surface area contributed by atoms with E-state index >= 15 is 0 Å². The predicted octanol–water partition coefficient (Wildman–Crippen LogP) is 1.54. The molecule has 1 heterocycles. The lowest BCUT2D eigenvalue weighted by atomic mass is 10.1. The van der Waals surface area contributed by atoms with E-state index in [1.807, 2.05) is 31.2 Å². The van der Waals surface area contributed by atoms with Crippen molar-refractivity contribution in [3.05, 3.63) is 64.4 Å². The highest BCUT2D eigenvalue weighted by atomic mass is 32.2. The second-order valence-electron chi connectivity index (χ2n) is 5.05. The fourth-order valence-electron chi connectivity index (χ4n) is 2.30. The van der Waals surface area contributed by atoms with Crippen LogP contribution in [0.1, 0.15) is 5.56 Å². The van der Waals surface area contributed by atoms with Crippen LogP contribution in [0.3, 0.4) is 0 Å². The second-order valence-corrected chi connectivity index (χ2v) is 5.99. The number of thioether (sulfide) groups is 1. The summed E-state index contributed by atoms with van der Waals surface area (Å²) in [5.41, 5.74) is 1.94. The molecule has 6 heteroatoms. The molecule has 0 radical (unpaired) electrons. The molecule has 0 aliphatic carbocycles. The zero-order valence-corrected chi connectivity index (χ0v) is 13.2. The minimum absolute atomic E-state index is 0.217. The number of carboxylic acid groups (broad SMARTS) is 1. The van der Waals surface area contributed by atoms with E-state index in [2.05, 4.69) is 4.98 Å². The lowest BCUT2D eigenvalue weighted by Crippen LogP contribution is -2.26. The van der Waals surface area contributed by atoms with Crippen LogP contribution in [0.15, 0.2) is 58.5 Å². The van der Waals surface area contributed by atoms with Gasteiger partial charge in [-0.15, -0.1) is 0 Å². The van der Waals surface area contributed by atoms with E-state index < -0.39 is 5.97 Å². The van der Waals surface area contributed by atoms with E-state index in [1.165, 1.54) is 4.57 Å². The number of rotatable bonds is 4. The highest BCUT2D eigenvalue weighted by Crippen LogP contribution is 2.21. The lowest BCUT2D eigenvalue weighted by Gasteiger charge is -2.13. The molecule has 3 rings (SSSR count). The minimum atomic E-state index is -1.20. The van der Waals surface area contributed by atoms with Gasteiger partial charge >= 0.3 is 0 Å². The number of aromatic nitrogens is 2. The van der Waals surface area contributed by atoms with E-state index in [0.29, 0.717) is 21.7 Å². The molecule has 116 valence electrons. The summed E-state index contributed by atoms with van der Waals surface area (Å²) in [6, 6.07) is 14.5. The van der Waals surface area contributed by atoms with Crippen molar-refractivity contribution < 1.29 is 9.90 Å². The first kappa shape index (κ1) is 15.3. The molecule has 1 aromatic heterocycles. The third-order valence-corrected chi connectivity index (χ3v) is 4.24. The molecule has 0 saturated heterocycles. The summed E-state index contributed by atoms with van der Waals surface area (Å²) in [5, 5.41) is 11.6. The fourth-order valence-corrected chi connectivity index (χ4v) is 3.03. The highest BCUT2D eigenvalue weighted by Gasteiger charge is 2.13. The molecule has 23 heavy (non-hydrogen) atoms. The highest BCUT2D eigenvalue weighted by molar-refractivity contribution is 7.99. The first-order valence-electron chi connectivity index (χ1n) is 6.98. The number of hydrogen-bond donors (Lipinski definition) is 0. The average Bonchev–Trinajstić information content (AvgIpc) is 2.54. The van der Waals surface area contributed by atoms with Crippen molar-refractivity contribution in [2.24, 2.45) is 0 Å². The van der Waals surface area contributed by atoms with Crippen molar-refractivity contribution in [1.29, 1.82) is 0 Å². The zero-order chi connectivity index (χ0) is 16.4. The van der Waals surface area contributed by atoms with Gasteiger partial charge in [0, 0.05) is 5.75 Å². The Labute approximate surface area is 136 Å². The Morgan fingerprint density at radius 2 is 1.96 bits per heavy atom. The van der Waals surface area contributed by atoms with E-state index in [4.69, 9.17) is 0 Å². The van der Waals surface area contributed by atoms with Crippen molar-refractivity contribution in [2.45, 2.75) is 12.1 Å². The molecular formula is C17H13N2O3S-. The standard InChI is InChI=1S/C17H14N2O3S/c1-11-7-8-14-13(9-11)16(22)19(12-5-3-2-4-6-12)17(18-14)23-10-15(20)21/h2-9H,10H2,1H3,(H,20,21)/p-1. The van der Waals surface area contributed by atoms with Crippen LogP contribution in [0.25, 0.3) is 16.6 Å². The van der Waals surface area contributed by atoms with Gasteiger partial charge in [0.1, 0.15) is 0 Å². The Morgan fingerprint density at radius 3 is 2.65 bits per heavy atom. The molecule has 3 aromatic rings. The van der Waals surface area contributed by atoms with Gasteiger partial charge in [-0.25, -0.2) is 4.98 Å². The van der Waals surface area contributed by atoms with Gasteiger partial charge < -0.3 is 9.90 Å². The van der Waals surface area contributed by atoms with Crippen LogP contribution in [-0.2, 0) is 4.79 Å². The van der Waals surface area contributed by atoms with Gasteiger partial charge in [0.05, 0.1) is 22.6 Å². The van der Waals surface area contributed by atoms with Crippen molar-refractivity contribution in [1.82, 2.24) is 9.55 Å². The molecule has 0 atom stereocenters. The smallest absolute Gasteiger partial charge is 0.266 e. The van der Waals surface area contributed by atoms with Crippen LogP contribution in [-0.4, -0.2) is 21.3 Å². The number of aryl methyl sites for hydroxylation is 1. The first-order chi connectivity index (χ1) is 11.1. The number of hydrogen-bond acceptors (Lipinski definition) is 5. The van der Waals surface area contributed by atoms with Gasteiger partial charge in [-0.3, -0.25) is 9.36 Å². The van der Waals surface area contributed by atoms with E-state index in [1.54, 1.807) is 24.3 Å². The first-order valence-corrected chi connectivity index (χ1v) is 7.96. The monoisotopic (exact) mass is 325 g/mol. The van der Waals surface area contributed by atoms with Gasteiger partial charge in [0.25, 0.3) is 5.56 Å². The fraction of sp³-hybridized carbons (Fsp3) is 0.118. The summed E-state index contributed by atoms with van der Waals surface area (Å²) in [6.45, 7) is 1.91. The Balaban J connectivity index is 2.28. The number of fused-ring (bicyclic) bond motifs is 1. The van der Waals surface area contributed by atoms with Crippen molar-refractivity contribution in [2.75, 3.05) is 5.75 Å². The van der Waals surface area contributed by atoms with Crippen molar-refractivity contribution >= 4 is 28.6 Å². The van der Waals surface area contributed by atoms with Gasteiger partial charge in [-0.1, -0.05) is 41.6 Å². The van der Waals surface area contributed by atoms with Gasteiger partial charge in [0.2, 0.25) is 0 Å². The second kappa shape index (κ2) is 6.26. The summed E-state index contributed by atoms with van der Waals surface area (Å²) in [6.07, 6.45) is 0. The summed E-state index contributed by atoms with van der Waals surface area (Å²) in [7, 11) is 0. The van der Waals surface area contributed by atoms with Crippen LogP contribution in [0, 0.1) is 6.92 Å². The summed E-state index contributed by atoms with van der Waals surface area (Å²) in [4.78, 5) is 28.1. The SMILES string of the molecule is Cc1ccc2nc(SCC(=O)[O-])n(-c3ccccc3)c(=O)c2c1. The van der Waals surface area contributed by atoms with Crippen LogP contribution < -0.4 is 10.7 Å². The quantitative estimate of drug-likeness (QED) is 0.537. The molecule has 0 amide bonds. The number of para-hydroxylation sites is 1. The summed E-state index contributed by atoms with van der Waals surface area (Å²) < 4.78 is 1.44. The van der Waals surface area contributed by atoms with Gasteiger partial charge in [-0.05, 0) is 31.2 Å². The molecule has 0 fully saturated rings. The molecule has 0 N–H and O–H groups in total. The molecule has 0 aliphatic heterocycles. The Bertz CT molecular complexity index is 936. The normalized spacial score (nSPS) is 10.8. The predicted molar refractivity (Wildman–Crippen MR) is 87.8 cm³/mol. The molecule has 0 saturated carbocycles. The largest absolute Gasteiger partial charge is 0.549 e. The third kappa shape index (κ3) is 3.12. The third-order valence-electron chi connectivity index (χ3n) is 3.33. The molecule has 2 aromatic carbocycles. The molecule has 0 spiro atoms. The maximum atomic E-state index is 12.9. The van der Waals surface area contributed by atoms with Crippen LogP contribution in [0.2, 0.25) is 0 Å². The van der Waals surface area contributed by atoms with Crippen LogP contribution in [0.5, 0.6) is 0 Å². The molecule has 0 unspecified atom stereocenters. The van der Waals surface area contributed by atoms with E-state index in [9.17, 15) is 14.7 Å².